The third kappa shape index (κ3) is 3.70. The van der Waals surface area contributed by atoms with Crippen LogP contribution in [0.5, 0.6) is 0 Å². The summed E-state index contributed by atoms with van der Waals surface area (Å²) in [7, 11) is 0. The number of aliphatic hydroxyl groups is 1. The Morgan fingerprint density at radius 1 is 1.29 bits per heavy atom. The highest BCUT2D eigenvalue weighted by molar-refractivity contribution is 5.89. The van der Waals surface area contributed by atoms with Crippen molar-refractivity contribution in [1.82, 2.24) is 5.01 Å². The maximum atomic E-state index is 13.9. The predicted octanol–water partition coefficient (Wildman–Crippen LogP) is 2.66. The van der Waals surface area contributed by atoms with Gasteiger partial charge in [0, 0.05) is 12.1 Å². The second-order valence-corrected chi connectivity index (χ2v) is 5.26. The Morgan fingerprint density at radius 2 is 1.88 bits per heavy atom. The first kappa shape index (κ1) is 18.3. The van der Waals surface area contributed by atoms with Crippen LogP contribution in [0.2, 0.25) is 0 Å². The Morgan fingerprint density at radius 3 is 2.42 bits per heavy atom. The van der Waals surface area contributed by atoms with Crippen molar-refractivity contribution in [2.45, 2.75) is 38.0 Å². The van der Waals surface area contributed by atoms with Crippen LogP contribution < -0.4 is 0 Å². The van der Waals surface area contributed by atoms with E-state index in [9.17, 15) is 31.9 Å². The SMILES string of the molecule is CC1=NN(C(=O)Cc2ccccc2)[C@](O)(C(F)(F)OC(F)(F)F)C1. The van der Waals surface area contributed by atoms with Crippen molar-refractivity contribution in [2.24, 2.45) is 5.10 Å². The maximum Gasteiger partial charge on any atom is 0.527 e. The molecule has 1 aliphatic rings. The van der Waals surface area contributed by atoms with E-state index >= 15 is 0 Å². The molecule has 0 saturated heterocycles. The number of amides is 1. The molecule has 1 amide bonds. The van der Waals surface area contributed by atoms with Crippen LogP contribution >= 0.6 is 0 Å². The van der Waals surface area contributed by atoms with Gasteiger partial charge in [-0.15, -0.1) is 13.2 Å². The summed E-state index contributed by atoms with van der Waals surface area (Å²) in [5.74, 6) is -1.09. The van der Waals surface area contributed by atoms with Crippen LogP contribution in [0.4, 0.5) is 22.0 Å². The summed E-state index contributed by atoms with van der Waals surface area (Å²) in [6.45, 7) is 1.20. The number of ether oxygens (including phenoxy) is 1. The van der Waals surface area contributed by atoms with Crippen molar-refractivity contribution in [3.8, 4) is 0 Å². The number of benzene rings is 1. The molecular weight excluding hydrogens is 339 g/mol. The average Bonchev–Trinajstić information content (AvgIpc) is 2.74. The third-order valence-electron chi connectivity index (χ3n) is 3.27. The number of hydrazone groups is 1. The van der Waals surface area contributed by atoms with E-state index in [4.69, 9.17) is 0 Å². The van der Waals surface area contributed by atoms with Gasteiger partial charge in [0.05, 0.1) is 6.42 Å². The number of carbonyl (C=O) groups excluding carboxylic acids is 1. The zero-order valence-electron chi connectivity index (χ0n) is 12.3. The van der Waals surface area contributed by atoms with Crippen molar-refractivity contribution >= 4 is 11.6 Å². The number of rotatable bonds is 4. The van der Waals surface area contributed by atoms with E-state index in [1.54, 1.807) is 18.2 Å². The van der Waals surface area contributed by atoms with Gasteiger partial charge in [-0.1, -0.05) is 30.3 Å². The molecule has 0 radical (unpaired) electrons. The fourth-order valence-electron chi connectivity index (χ4n) is 2.28. The van der Waals surface area contributed by atoms with E-state index in [-0.39, 0.29) is 10.7 Å². The molecule has 0 spiro atoms. The number of alkyl halides is 5. The molecule has 1 aromatic carbocycles. The average molecular weight is 352 g/mol. The monoisotopic (exact) mass is 352 g/mol. The van der Waals surface area contributed by atoms with Crippen LogP contribution in [0, 0.1) is 0 Å². The van der Waals surface area contributed by atoms with Crippen LogP contribution in [-0.2, 0) is 16.0 Å². The van der Waals surface area contributed by atoms with Gasteiger partial charge < -0.3 is 5.11 Å². The lowest BCUT2D eigenvalue weighted by molar-refractivity contribution is -0.469. The van der Waals surface area contributed by atoms with Gasteiger partial charge >= 0.3 is 12.5 Å². The zero-order chi connectivity index (χ0) is 18.2. The number of hydrogen-bond donors (Lipinski definition) is 1. The number of hydrogen-bond acceptors (Lipinski definition) is 4. The van der Waals surface area contributed by atoms with Gasteiger partial charge in [0.15, 0.2) is 0 Å². The highest BCUT2D eigenvalue weighted by Gasteiger charge is 2.66. The summed E-state index contributed by atoms with van der Waals surface area (Å²) >= 11 is 0. The van der Waals surface area contributed by atoms with Gasteiger partial charge in [-0.3, -0.25) is 4.79 Å². The zero-order valence-corrected chi connectivity index (χ0v) is 12.3. The molecule has 1 atom stereocenters. The standard InChI is InChI=1S/C14H13F5N2O3/c1-9-8-12(23,13(15,16)24-14(17,18)19)21(20-9)11(22)7-10-5-3-2-4-6-10/h2-6,23H,7-8H2,1H3/t12-/m1/s1. The molecule has 0 saturated carbocycles. The highest BCUT2D eigenvalue weighted by atomic mass is 19.4. The van der Waals surface area contributed by atoms with Gasteiger partial charge in [-0.2, -0.15) is 18.9 Å². The van der Waals surface area contributed by atoms with Gasteiger partial charge in [-0.25, -0.2) is 4.74 Å². The van der Waals surface area contributed by atoms with Gasteiger partial charge in [-0.05, 0) is 12.5 Å². The lowest BCUT2D eigenvalue weighted by Crippen LogP contribution is -2.61. The molecular formula is C14H13F5N2O3. The van der Waals surface area contributed by atoms with Crippen LogP contribution in [0.3, 0.4) is 0 Å². The van der Waals surface area contributed by atoms with Crippen molar-refractivity contribution in [3.63, 3.8) is 0 Å². The summed E-state index contributed by atoms with van der Waals surface area (Å²) in [6, 6.07) is 7.89. The summed E-state index contributed by atoms with van der Waals surface area (Å²) < 4.78 is 67.1. The molecule has 1 heterocycles. The van der Waals surface area contributed by atoms with Gasteiger partial charge in [0.2, 0.25) is 5.91 Å². The Labute approximate surface area is 133 Å². The maximum absolute atomic E-state index is 13.9. The van der Waals surface area contributed by atoms with Crippen molar-refractivity contribution in [1.29, 1.82) is 0 Å². The van der Waals surface area contributed by atoms with Crippen molar-refractivity contribution in [3.05, 3.63) is 35.9 Å². The molecule has 5 nitrogen and oxygen atoms in total. The number of halogens is 5. The minimum Gasteiger partial charge on any atom is -0.362 e. The van der Waals surface area contributed by atoms with Crippen LogP contribution in [0.25, 0.3) is 0 Å². The van der Waals surface area contributed by atoms with Crippen molar-refractivity contribution in [2.75, 3.05) is 0 Å². The number of carbonyl (C=O) groups is 1. The molecule has 2 rings (SSSR count). The summed E-state index contributed by atoms with van der Waals surface area (Å²) in [5.41, 5.74) is -3.27. The molecule has 0 aliphatic carbocycles. The minimum atomic E-state index is -5.70. The molecule has 0 aromatic heterocycles. The lowest BCUT2D eigenvalue weighted by atomic mass is 10.1. The van der Waals surface area contributed by atoms with E-state index in [0.717, 1.165) is 0 Å². The molecule has 0 unspecified atom stereocenters. The van der Waals surface area contributed by atoms with Crippen LogP contribution in [0.1, 0.15) is 18.9 Å². The third-order valence-corrected chi connectivity index (χ3v) is 3.27. The first-order valence-corrected chi connectivity index (χ1v) is 6.73. The van der Waals surface area contributed by atoms with E-state index in [1.807, 2.05) is 0 Å². The summed E-state index contributed by atoms with van der Waals surface area (Å²) in [5, 5.41) is 13.5. The highest BCUT2D eigenvalue weighted by Crippen LogP contribution is 2.43. The first-order valence-electron chi connectivity index (χ1n) is 6.73. The second-order valence-electron chi connectivity index (χ2n) is 5.26. The topological polar surface area (TPSA) is 62.1 Å². The fourth-order valence-corrected chi connectivity index (χ4v) is 2.28. The molecule has 0 bridgehead atoms. The van der Waals surface area contributed by atoms with Crippen LogP contribution in [-0.4, -0.2) is 39.9 Å². The molecule has 1 N–H and O–H groups in total. The molecule has 0 fully saturated rings. The lowest BCUT2D eigenvalue weighted by Gasteiger charge is -2.36. The quantitative estimate of drug-likeness (QED) is 0.848. The first-order chi connectivity index (χ1) is 10.9. The van der Waals surface area contributed by atoms with Gasteiger partial charge in [0.25, 0.3) is 5.72 Å². The largest absolute Gasteiger partial charge is 0.527 e. The van der Waals surface area contributed by atoms with E-state index in [1.165, 1.54) is 19.1 Å². The molecule has 24 heavy (non-hydrogen) atoms. The molecule has 10 heteroatoms. The van der Waals surface area contributed by atoms with Gasteiger partial charge in [0.1, 0.15) is 0 Å². The Balaban J connectivity index is 2.27. The van der Waals surface area contributed by atoms with Crippen molar-refractivity contribution < 1.29 is 36.6 Å². The van der Waals surface area contributed by atoms with Crippen LogP contribution in [0.15, 0.2) is 35.4 Å². The summed E-state index contributed by atoms with van der Waals surface area (Å²) in [6.07, 6.45) is -12.2. The second kappa shape index (κ2) is 6.10. The minimum absolute atomic E-state index is 0.0406. The Bertz CT molecular complexity index is 648. The molecule has 132 valence electrons. The fraction of sp³-hybridized carbons (Fsp3) is 0.429. The Hall–Kier alpha value is -2.07. The Kier molecular flexibility index (Phi) is 4.64. The number of nitrogens with zero attached hydrogens (tertiary/aromatic N) is 2. The molecule has 1 aliphatic heterocycles. The van der Waals surface area contributed by atoms with E-state index < -0.39 is 36.9 Å². The smallest absolute Gasteiger partial charge is 0.362 e. The normalized spacial score (nSPS) is 21.8. The predicted molar refractivity (Wildman–Crippen MR) is 71.8 cm³/mol. The van der Waals surface area contributed by atoms with E-state index in [2.05, 4.69) is 9.84 Å². The molecule has 1 aromatic rings. The summed E-state index contributed by atoms with van der Waals surface area (Å²) in [4.78, 5) is 12.2. The van der Waals surface area contributed by atoms with E-state index in [0.29, 0.717) is 5.56 Å².